The number of anilines is 2. The lowest BCUT2D eigenvalue weighted by atomic mass is 9.98. The molecule has 1 fully saturated rings. The van der Waals surface area contributed by atoms with Crippen molar-refractivity contribution in [2.45, 2.75) is 26.7 Å². The van der Waals surface area contributed by atoms with Crippen molar-refractivity contribution in [3.05, 3.63) is 53.3 Å². The molecule has 2 aromatic rings. The van der Waals surface area contributed by atoms with E-state index in [2.05, 4.69) is 40.4 Å². The molecule has 1 aromatic carbocycles. The molecule has 1 amide bonds. The van der Waals surface area contributed by atoms with E-state index in [1.807, 2.05) is 25.1 Å². The summed E-state index contributed by atoms with van der Waals surface area (Å²) < 4.78 is 5.37. The molecular formula is C22H30N4O2. The van der Waals surface area contributed by atoms with Gasteiger partial charge in [0.2, 0.25) is 0 Å². The van der Waals surface area contributed by atoms with E-state index < -0.39 is 0 Å². The van der Waals surface area contributed by atoms with Crippen LogP contribution in [0, 0.1) is 6.92 Å². The van der Waals surface area contributed by atoms with E-state index in [-0.39, 0.29) is 5.91 Å². The van der Waals surface area contributed by atoms with E-state index in [9.17, 15) is 4.79 Å². The van der Waals surface area contributed by atoms with Crippen molar-refractivity contribution in [1.82, 2.24) is 9.88 Å². The Hall–Kier alpha value is -2.44. The molecular weight excluding hydrogens is 352 g/mol. The average molecular weight is 383 g/mol. The van der Waals surface area contributed by atoms with Gasteiger partial charge in [0.15, 0.2) is 0 Å². The van der Waals surface area contributed by atoms with Gasteiger partial charge < -0.3 is 15.4 Å². The average Bonchev–Trinajstić information content (AvgIpc) is 2.70. The predicted octanol–water partition coefficient (Wildman–Crippen LogP) is 3.51. The molecule has 150 valence electrons. The second kappa shape index (κ2) is 9.66. The lowest BCUT2D eigenvalue weighted by molar-refractivity contribution is 0.0398. The molecule has 6 nitrogen and oxygen atoms in total. The summed E-state index contributed by atoms with van der Waals surface area (Å²) in [4.78, 5) is 19.4. The number of nitrogens with zero attached hydrogens (tertiary/aromatic N) is 2. The molecule has 2 N–H and O–H groups in total. The van der Waals surface area contributed by atoms with Crippen LogP contribution in [0.5, 0.6) is 0 Å². The van der Waals surface area contributed by atoms with Crippen LogP contribution in [0.15, 0.2) is 36.7 Å². The van der Waals surface area contributed by atoms with E-state index in [0.717, 1.165) is 61.9 Å². The second-order valence-corrected chi connectivity index (χ2v) is 7.49. The van der Waals surface area contributed by atoms with Crippen molar-refractivity contribution in [2.24, 2.45) is 0 Å². The molecule has 0 bridgehead atoms. The zero-order valence-corrected chi connectivity index (χ0v) is 17.0. The number of aryl methyl sites for hydroxylation is 1. The maximum absolute atomic E-state index is 12.8. The topological polar surface area (TPSA) is 66.5 Å². The van der Waals surface area contributed by atoms with Crippen molar-refractivity contribution in [2.75, 3.05) is 50.0 Å². The van der Waals surface area contributed by atoms with Gasteiger partial charge in [-0.15, -0.1) is 0 Å². The van der Waals surface area contributed by atoms with E-state index in [0.29, 0.717) is 11.5 Å². The molecule has 28 heavy (non-hydrogen) atoms. The number of ether oxygens (including phenoxy) is 1. The highest BCUT2D eigenvalue weighted by atomic mass is 16.5. The van der Waals surface area contributed by atoms with Crippen molar-refractivity contribution in [1.29, 1.82) is 0 Å². The van der Waals surface area contributed by atoms with Gasteiger partial charge in [0, 0.05) is 44.3 Å². The third kappa shape index (κ3) is 5.30. The number of rotatable bonds is 7. The summed E-state index contributed by atoms with van der Waals surface area (Å²) in [5.74, 6) is 0.196. The Labute approximate surface area is 167 Å². The van der Waals surface area contributed by atoms with Crippen molar-refractivity contribution in [3.8, 4) is 0 Å². The molecule has 0 aliphatic carbocycles. The highest BCUT2D eigenvalue weighted by molar-refractivity contribution is 6.05. The van der Waals surface area contributed by atoms with Gasteiger partial charge in [-0.05, 0) is 30.0 Å². The number of nitrogens with one attached hydrogen (secondary N) is 2. The van der Waals surface area contributed by atoms with Gasteiger partial charge in [0.25, 0.3) is 5.91 Å². The van der Waals surface area contributed by atoms with Gasteiger partial charge >= 0.3 is 0 Å². The largest absolute Gasteiger partial charge is 0.382 e. The molecule has 1 aliphatic heterocycles. The number of para-hydroxylation sites is 1. The van der Waals surface area contributed by atoms with Gasteiger partial charge in [-0.2, -0.15) is 0 Å². The Morgan fingerprint density at radius 1 is 1.25 bits per heavy atom. The fourth-order valence-electron chi connectivity index (χ4n) is 3.37. The van der Waals surface area contributed by atoms with Crippen LogP contribution in [0.4, 0.5) is 11.4 Å². The van der Waals surface area contributed by atoms with Crippen LogP contribution in [0.2, 0.25) is 0 Å². The minimum atomic E-state index is -0.138. The standard InChI is InChI=1S/C22H30N4O2/c1-16(2)20-6-4-5-17(3)21(20)25-22(27)18-13-19(15-23-14-18)24-7-8-26-9-11-28-12-10-26/h4-6,13-16,24H,7-12H2,1-3H3,(H,25,27). The summed E-state index contributed by atoms with van der Waals surface area (Å²) in [5, 5.41) is 6.45. The molecule has 3 rings (SSSR count). The van der Waals surface area contributed by atoms with Crippen LogP contribution >= 0.6 is 0 Å². The summed E-state index contributed by atoms with van der Waals surface area (Å²) >= 11 is 0. The van der Waals surface area contributed by atoms with Crippen molar-refractivity contribution < 1.29 is 9.53 Å². The third-order valence-corrected chi connectivity index (χ3v) is 5.03. The first kappa shape index (κ1) is 20.3. The minimum Gasteiger partial charge on any atom is -0.382 e. The number of aromatic nitrogens is 1. The summed E-state index contributed by atoms with van der Waals surface area (Å²) in [6.07, 6.45) is 3.36. The maximum Gasteiger partial charge on any atom is 0.257 e. The molecule has 2 heterocycles. The van der Waals surface area contributed by atoms with Crippen LogP contribution < -0.4 is 10.6 Å². The zero-order valence-electron chi connectivity index (χ0n) is 17.0. The van der Waals surface area contributed by atoms with Crippen LogP contribution in [0.25, 0.3) is 0 Å². The number of pyridine rings is 1. The number of benzene rings is 1. The van der Waals surface area contributed by atoms with Crippen molar-refractivity contribution in [3.63, 3.8) is 0 Å². The highest BCUT2D eigenvalue weighted by Crippen LogP contribution is 2.28. The fraction of sp³-hybridized carbons (Fsp3) is 0.455. The predicted molar refractivity (Wildman–Crippen MR) is 113 cm³/mol. The second-order valence-electron chi connectivity index (χ2n) is 7.49. The maximum atomic E-state index is 12.8. The zero-order chi connectivity index (χ0) is 19.9. The number of carbonyl (C=O) groups is 1. The molecule has 1 aliphatic rings. The van der Waals surface area contributed by atoms with Crippen molar-refractivity contribution >= 4 is 17.3 Å². The monoisotopic (exact) mass is 382 g/mol. The number of amides is 1. The molecule has 0 radical (unpaired) electrons. The Bertz CT molecular complexity index is 801. The first-order valence-electron chi connectivity index (χ1n) is 9.94. The Morgan fingerprint density at radius 2 is 2.04 bits per heavy atom. The molecule has 1 saturated heterocycles. The first-order chi connectivity index (χ1) is 13.5. The minimum absolute atomic E-state index is 0.138. The van der Waals surface area contributed by atoms with Crippen LogP contribution in [0.1, 0.15) is 41.3 Å². The molecule has 0 unspecified atom stereocenters. The number of hydrogen-bond donors (Lipinski definition) is 2. The summed E-state index contributed by atoms with van der Waals surface area (Å²) in [5.41, 5.74) is 4.51. The highest BCUT2D eigenvalue weighted by Gasteiger charge is 2.14. The van der Waals surface area contributed by atoms with Gasteiger partial charge in [0.1, 0.15) is 0 Å². The molecule has 0 spiro atoms. The Balaban J connectivity index is 1.62. The molecule has 0 saturated carbocycles. The van der Waals surface area contributed by atoms with Gasteiger partial charge in [-0.25, -0.2) is 0 Å². The lowest BCUT2D eigenvalue weighted by Gasteiger charge is -2.26. The summed E-state index contributed by atoms with van der Waals surface area (Å²) in [6.45, 7) is 11.6. The fourth-order valence-corrected chi connectivity index (χ4v) is 3.37. The Morgan fingerprint density at radius 3 is 2.79 bits per heavy atom. The van der Waals surface area contributed by atoms with Crippen LogP contribution in [-0.2, 0) is 4.74 Å². The molecule has 0 atom stereocenters. The van der Waals surface area contributed by atoms with E-state index in [1.165, 1.54) is 0 Å². The van der Waals surface area contributed by atoms with Crippen LogP contribution in [-0.4, -0.2) is 55.2 Å². The first-order valence-corrected chi connectivity index (χ1v) is 9.94. The normalized spacial score (nSPS) is 14.9. The van der Waals surface area contributed by atoms with Gasteiger partial charge in [0.05, 0.1) is 24.5 Å². The molecule has 1 aromatic heterocycles. The smallest absolute Gasteiger partial charge is 0.257 e. The van der Waals surface area contributed by atoms with E-state index >= 15 is 0 Å². The van der Waals surface area contributed by atoms with Gasteiger partial charge in [-0.1, -0.05) is 32.0 Å². The quantitative estimate of drug-likeness (QED) is 0.767. The summed E-state index contributed by atoms with van der Waals surface area (Å²) in [6, 6.07) is 7.97. The number of morpholine rings is 1. The van der Waals surface area contributed by atoms with Gasteiger partial charge in [-0.3, -0.25) is 14.7 Å². The van der Waals surface area contributed by atoms with E-state index in [4.69, 9.17) is 4.74 Å². The Kier molecular flexibility index (Phi) is 7.01. The SMILES string of the molecule is Cc1cccc(C(C)C)c1NC(=O)c1cncc(NCCN2CCOCC2)c1. The van der Waals surface area contributed by atoms with Crippen LogP contribution in [0.3, 0.4) is 0 Å². The number of carbonyl (C=O) groups excluding carboxylic acids is 1. The lowest BCUT2D eigenvalue weighted by Crippen LogP contribution is -2.39. The van der Waals surface area contributed by atoms with E-state index in [1.54, 1.807) is 12.4 Å². The number of hydrogen-bond acceptors (Lipinski definition) is 5. The summed E-state index contributed by atoms with van der Waals surface area (Å²) in [7, 11) is 0. The molecule has 6 heteroatoms. The third-order valence-electron chi connectivity index (χ3n) is 5.03.